The van der Waals surface area contributed by atoms with Crippen LogP contribution in [0.5, 0.6) is 5.75 Å². The Morgan fingerprint density at radius 3 is 2.72 bits per heavy atom. The Bertz CT molecular complexity index is 1320. The Balaban J connectivity index is 1.21. The van der Waals surface area contributed by atoms with E-state index in [1.54, 1.807) is 26.2 Å². The lowest BCUT2D eigenvalue weighted by Gasteiger charge is -2.34. The molecule has 4 aliphatic heterocycles. The minimum absolute atomic E-state index is 0.217. The van der Waals surface area contributed by atoms with Gasteiger partial charge in [-0.1, -0.05) is 0 Å². The van der Waals surface area contributed by atoms with Crippen LogP contribution in [0.15, 0.2) is 42.7 Å². The van der Waals surface area contributed by atoms with Crippen LogP contribution in [0.2, 0.25) is 0 Å². The molecule has 1 aromatic carbocycles. The van der Waals surface area contributed by atoms with Gasteiger partial charge in [0.15, 0.2) is 17.2 Å². The fourth-order valence-electron chi connectivity index (χ4n) is 5.30. The van der Waals surface area contributed by atoms with Gasteiger partial charge in [0.05, 0.1) is 5.69 Å². The second-order valence-corrected chi connectivity index (χ2v) is 10.3. The molecule has 186 valence electrons. The Kier molecular flexibility index (Phi) is 5.52. The maximum Gasteiger partial charge on any atom is 0.269 e. The van der Waals surface area contributed by atoms with Gasteiger partial charge in [-0.25, -0.2) is 15.0 Å². The molecule has 7 rings (SSSR count). The predicted octanol–water partition coefficient (Wildman–Crippen LogP) is 3.98. The third-order valence-corrected chi connectivity index (χ3v) is 7.37. The first-order chi connectivity index (χ1) is 17.4. The van der Waals surface area contributed by atoms with Gasteiger partial charge in [0, 0.05) is 61.6 Å². The van der Waals surface area contributed by atoms with Gasteiger partial charge in [-0.2, -0.15) is 0 Å². The van der Waals surface area contributed by atoms with Crippen LogP contribution in [0.4, 0.5) is 23.1 Å². The van der Waals surface area contributed by atoms with Crippen LogP contribution in [0.25, 0.3) is 11.3 Å². The lowest BCUT2D eigenvalue weighted by Crippen LogP contribution is -2.45. The maximum atomic E-state index is 12.1. The molecule has 2 aromatic heterocycles. The number of fused-ring (bicyclic) bond motifs is 5. The number of aromatic nitrogens is 3. The highest BCUT2D eigenvalue weighted by molar-refractivity contribution is 5.99. The van der Waals surface area contributed by atoms with Crippen molar-refractivity contribution in [1.29, 1.82) is 0 Å². The Labute approximate surface area is 210 Å². The molecular formula is C27H31N7O2. The summed E-state index contributed by atoms with van der Waals surface area (Å²) in [7, 11) is 0. The lowest BCUT2D eigenvalue weighted by molar-refractivity contribution is -0.129. The second kappa shape index (κ2) is 8.74. The molecule has 0 aliphatic carbocycles. The van der Waals surface area contributed by atoms with E-state index in [0.717, 1.165) is 24.3 Å². The molecule has 0 radical (unpaired) electrons. The molecule has 1 amide bonds. The third kappa shape index (κ3) is 4.24. The predicted molar refractivity (Wildman–Crippen MR) is 140 cm³/mol. The number of rotatable bonds is 4. The van der Waals surface area contributed by atoms with Crippen molar-refractivity contribution in [3.63, 3.8) is 0 Å². The van der Waals surface area contributed by atoms with E-state index in [4.69, 9.17) is 9.72 Å². The molecule has 3 fully saturated rings. The highest BCUT2D eigenvalue weighted by Gasteiger charge is 2.36. The molecule has 0 unspecified atom stereocenters. The molecule has 0 atom stereocenters. The number of pyridine rings is 1. The van der Waals surface area contributed by atoms with E-state index in [2.05, 4.69) is 55.5 Å². The van der Waals surface area contributed by atoms with Gasteiger partial charge in [-0.15, -0.1) is 0 Å². The minimum Gasteiger partial charge on any atom is -0.474 e. The zero-order valence-electron chi connectivity index (χ0n) is 20.9. The van der Waals surface area contributed by atoms with Gasteiger partial charge in [0.25, 0.3) is 5.91 Å². The fourth-order valence-corrected chi connectivity index (χ4v) is 5.30. The zero-order valence-corrected chi connectivity index (χ0v) is 20.9. The number of carbonyl (C=O) groups is 1. The van der Waals surface area contributed by atoms with E-state index >= 15 is 0 Å². The van der Waals surface area contributed by atoms with E-state index in [1.807, 2.05) is 12.1 Å². The molecule has 4 aliphatic rings. The summed E-state index contributed by atoms with van der Waals surface area (Å²) in [5.41, 5.74) is 4.05. The van der Waals surface area contributed by atoms with Crippen LogP contribution in [0.1, 0.15) is 32.3 Å². The lowest BCUT2D eigenvalue weighted by atomic mass is 10.0. The van der Waals surface area contributed by atoms with Crippen molar-refractivity contribution in [1.82, 2.24) is 19.9 Å². The summed E-state index contributed by atoms with van der Waals surface area (Å²) < 4.78 is 5.88. The van der Waals surface area contributed by atoms with Gasteiger partial charge in [0.1, 0.15) is 0 Å². The minimum atomic E-state index is -0.958. The Hall–Kier alpha value is -3.72. The summed E-state index contributed by atoms with van der Waals surface area (Å²) in [4.78, 5) is 30.8. The van der Waals surface area contributed by atoms with E-state index in [9.17, 15) is 4.79 Å². The summed E-state index contributed by atoms with van der Waals surface area (Å²) in [6, 6.07) is 10.8. The average molecular weight is 486 g/mol. The third-order valence-electron chi connectivity index (χ3n) is 7.37. The van der Waals surface area contributed by atoms with Crippen molar-refractivity contribution in [3.05, 3.63) is 48.3 Å². The number of piperidine rings is 1. The number of amides is 1. The van der Waals surface area contributed by atoms with Crippen LogP contribution in [-0.4, -0.2) is 63.6 Å². The molecule has 0 saturated carbocycles. The van der Waals surface area contributed by atoms with Crippen molar-refractivity contribution >= 4 is 29.0 Å². The quantitative estimate of drug-likeness (QED) is 0.573. The second-order valence-electron chi connectivity index (χ2n) is 10.3. The SMILES string of the molecule is Cc1cc(Nc2nccc(-c3cnc4c(c3)OC(C)(C)C(=O)N4)n2)ccc1N1CCN2CCC1CC2. The first kappa shape index (κ1) is 22.7. The van der Waals surface area contributed by atoms with E-state index < -0.39 is 5.60 Å². The van der Waals surface area contributed by atoms with Gasteiger partial charge in [-0.3, -0.25) is 4.79 Å². The summed E-state index contributed by atoms with van der Waals surface area (Å²) in [6.07, 6.45) is 5.89. The number of nitrogens with one attached hydrogen (secondary N) is 2. The molecule has 0 spiro atoms. The Morgan fingerprint density at radius 1 is 1.08 bits per heavy atom. The van der Waals surface area contributed by atoms with Crippen molar-refractivity contribution in [3.8, 4) is 17.0 Å². The van der Waals surface area contributed by atoms with Gasteiger partial charge in [0.2, 0.25) is 5.95 Å². The number of hydrogen-bond donors (Lipinski definition) is 2. The van der Waals surface area contributed by atoms with E-state index in [0.29, 0.717) is 29.3 Å². The highest BCUT2D eigenvalue weighted by Crippen LogP contribution is 2.35. The van der Waals surface area contributed by atoms with Crippen LogP contribution in [0, 0.1) is 6.92 Å². The molecule has 9 nitrogen and oxygen atoms in total. The summed E-state index contributed by atoms with van der Waals surface area (Å²) in [5.74, 6) is 1.23. The maximum absolute atomic E-state index is 12.1. The number of carbonyl (C=O) groups excluding carboxylic acids is 1. The first-order valence-corrected chi connectivity index (χ1v) is 12.6. The Morgan fingerprint density at radius 2 is 1.92 bits per heavy atom. The highest BCUT2D eigenvalue weighted by atomic mass is 16.5. The fraction of sp³-hybridized carbons (Fsp3) is 0.407. The number of benzene rings is 1. The molecule has 36 heavy (non-hydrogen) atoms. The van der Waals surface area contributed by atoms with Crippen LogP contribution >= 0.6 is 0 Å². The van der Waals surface area contributed by atoms with Crippen molar-refractivity contribution in [2.75, 3.05) is 41.7 Å². The topological polar surface area (TPSA) is 95.5 Å². The van der Waals surface area contributed by atoms with Gasteiger partial charge < -0.3 is 25.2 Å². The summed E-state index contributed by atoms with van der Waals surface area (Å²) >= 11 is 0. The molecular weight excluding hydrogens is 454 g/mol. The van der Waals surface area contributed by atoms with Crippen LogP contribution in [0.3, 0.4) is 0 Å². The summed E-state index contributed by atoms with van der Waals surface area (Å²) in [6.45, 7) is 10.3. The van der Waals surface area contributed by atoms with Gasteiger partial charge >= 0.3 is 0 Å². The van der Waals surface area contributed by atoms with E-state index in [1.165, 1.54) is 37.2 Å². The number of nitrogens with zero attached hydrogens (tertiary/aromatic N) is 5. The molecule has 9 heteroatoms. The molecule has 3 aromatic rings. The van der Waals surface area contributed by atoms with Crippen LogP contribution in [-0.2, 0) is 4.79 Å². The van der Waals surface area contributed by atoms with Crippen molar-refractivity contribution in [2.24, 2.45) is 0 Å². The number of anilines is 4. The van der Waals surface area contributed by atoms with Crippen molar-refractivity contribution < 1.29 is 9.53 Å². The standard InChI is InChI=1S/C27H31N7O2/c1-17-14-19(4-5-22(17)34-13-12-33-10-7-20(34)8-11-33)30-26-28-9-6-21(31-26)18-15-23-24(29-16-18)32-25(35)27(2,3)36-23/h4-6,9,14-16,20H,7-8,10-13H2,1-3H3,(H,28,30,31)(H,29,32,35). The normalized spacial score (nSPS) is 22.3. The van der Waals surface area contributed by atoms with E-state index in [-0.39, 0.29) is 5.91 Å². The monoisotopic (exact) mass is 485 g/mol. The zero-order chi connectivity index (χ0) is 24.9. The molecule has 3 saturated heterocycles. The molecule has 6 heterocycles. The molecule has 2 N–H and O–H groups in total. The first-order valence-electron chi connectivity index (χ1n) is 12.6. The van der Waals surface area contributed by atoms with Gasteiger partial charge in [-0.05, 0) is 69.5 Å². The molecule has 2 bridgehead atoms. The number of aryl methyl sites for hydroxylation is 1. The smallest absolute Gasteiger partial charge is 0.269 e. The number of ether oxygens (including phenoxy) is 1. The van der Waals surface area contributed by atoms with Crippen molar-refractivity contribution in [2.45, 2.75) is 45.3 Å². The van der Waals surface area contributed by atoms with Crippen LogP contribution < -0.4 is 20.3 Å². The largest absolute Gasteiger partial charge is 0.474 e. The average Bonchev–Trinajstić information content (AvgIpc) is 3.18. The summed E-state index contributed by atoms with van der Waals surface area (Å²) in [5, 5.41) is 6.15. The number of hydrogen-bond acceptors (Lipinski definition) is 8.